The lowest BCUT2D eigenvalue weighted by Gasteiger charge is -2.42. The molecule has 2 aliphatic rings. The first-order valence-electron chi connectivity index (χ1n) is 9.55. The number of furan rings is 1. The van der Waals surface area contributed by atoms with Gasteiger partial charge in [-0.2, -0.15) is 0 Å². The summed E-state index contributed by atoms with van der Waals surface area (Å²) in [6, 6.07) is 0.122. The van der Waals surface area contributed by atoms with E-state index < -0.39 is 5.97 Å². The summed E-state index contributed by atoms with van der Waals surface area (Å²) in [7, 11) is 1.58. The summed E-state index contributed by atoms with van der Waals surface area (Å²) in [5.74, 6) is -0.203. The monoisotopic (exact) mass is 388 g/mol. The first-order chi connectivity index (χ1) is 13.3. The third-order valence-corrected chi connectivity index (χ3v) is 5.67. The van der Waals surface area contributed by atoms with Gasteiger partial charge in [-0.05, 0) is 38.5 Å². The molecule has 0 atom stereocenters. The highest BCUT2D eigenvalue weighted by Gasteiger charge is 2.38. The molecule has 0 aromatic carbocycles. The molecule has 2 heterocycles. The van der Waals surface area contributed by atoms with Crippen LogP contribution in [0, 0.1) is 12.8 Å². The molecule has 0 unspecified atom stereocenters. The van der Waals surface area contributed by atoms with Crippen molar-refractivity contribution in [2.24, 2.45) is 13.0 Å². The molecule has 0 spiro atoms. The van der Waals surface area contributed by atoms with Crippen molar-refractivity contribution in [2.45, 2.75) is 44.7 Å². The first-order valence-corrected chi connectivity index (χ1v) is 9.55. The predicted molar refractivity (Wildman–Crippen MR) is 100 cm³/mol. The molecule has 9 heteroatoms. The number of amides is 1. The van der Waals surface area contributed by atoms with E-state index in [1.807, 2.05) is 4.90 Å². The normalized spacial score (nSPS) is 21.7. The quantitative estimate of drug-likeness (QED) is 0.723. The molecule has 9 nitrogen and oxygen atoms in total. The van der Waals surface area contributed by atoms with Gasteiger partial charge >= 0.3 is 5.97 Å². The molecule has 2 aromatic heterocycles. The number of nitrogens with zero attached hydrogens (tertiary/aromatic N) is 3. The molecule has 2 fully saturated rings. The Bertz CT molecular complexity index is 984. The van der Waals surface area contributed by atoms with E-state index in [0.29, 0.717) is 24.5 Å². The van der Waals surface area contributed by atoms with Gasteiger partial charge < -0.3 is 19.4 Å². The largest absolute Gasteiger partial charge is 0.480 e. The van der Waals surface area contributed by atoms with Crippen LogP contribution in [0.2, 0.25) is 0 Å². The maximum absolute atomic E-state index is 12.8. The van der Waals surface area contributed by atoms with E-state index in [-0.39, 0.29) is 46.8 Å². The highest BCUT2D eigenvalue weighted by atomic mass is 16.4. The Morgan fingerprint density at radius 3 is 2.75 bits per heavy atom. The minimum absolute atomic E-state index is 0.0367. The van der Waals surface area contributed by atoms with E-state index in [2.05, 4.69) is 10.3 Å². The second-order valence-electron chi connectivity index (χ2n) is 7.94. The molecule has 28 heavy (non-hydrogen) atoms. The Hall–Kier alpha value is -2.68. The minimum Gasteiger partial charge on any atom is -0.480 e. The number of aryl methyl sites for hydroxylation is 2. The Morgan fingerprint density at radius 1 is 1.39 bits per heavy atom. The molecule has 2 aromatic rings. The number of nitrogens with one attached hydrogen (secondary N) is 1. The Labute approximate surface area is 161 Å². The SMILES string of the molecule is Cc1oc2ncn(C)c(=O)c2c1C(=O)NC1CC(N(CC(=O)O)CC2CC2)C1. The van der Waals surface area contributed by atoms with Crippen molar-refractivity contribution in [2.75, 3.05) is 13.1 Å². The van der Waals surface area contributed by atoms with Gasteiger partial charge in [0.15, 0.2) is 0 Å². The number of hydrogen-bond donors (Lipinski definition) is 2. The Kier molecular flexibility index (Phi) is 4.70. The van der Waals surface area contributed by atoms with Gasteiger partial charge in [0.2, 0.25) is 5.71 Å². The summed E-state index contributed by atoms with van der Waals surface area (Å²) in [5, 5.41) is 12.3. The molecule has 4 rings (SSSR count). The smallest absolute Gasteiger partial charge is 0.317 e. The average Bonchev–Trinajstić information content (AvgIpc) is 3.33. The van der Waals surface area contributed by atoms with Gasteiger partial charge in [0.05, 0.1) is 12.1 Å². The second-order valence-corrected chi connectivity index (χ2v) is 7.94. The lowest BCUT2D eigenvalue weighted by molar-refractivity contribution is -0.139. The zero-order chi connectivity index (χ0) is 20.0. The van der Waals surface area contributed by atoms with E-state index in [9.17, 15) is 14.4 Å². The van der Waals surface area contributed by atoms with E-state index in [0.717, 1.165) is 6.54 Å². The van der Waals surface area contributed by atoms with Crippen molar-refractivity contribution >= 4 is 23.0 Å². The molecule has 0 radical (unpaired) electrons. The molecule has 1 amide bonds. The van der Waals surface area contributed by atoms with Crippen molar-refractivity contribution in [3.8, 4) is 0 Å². The fraction of sp³-hybridized carbons (Fsp3) is 0.579. The van der Waals surface area contributed by atoms with Gasteiger partial charge in [0.1, 0.15) is 17.5 Å². The fourth-order valence-electron chi connectivity index (χ4n) is 3.87. The van der Waals surface area contributed by atoms with Gasteiger partial charge in [-0.3, -0.25) is 19.3 Å². The van der Waals surface area contributed by atoms with Crippen molar-refractivity contribution in [1.82, 2.24) is 19.8 Å². The van der Waals surface area contributed by atoms with Crippen LogP contribution in [0.4, 0.5) is 0 Å². The van der Waals surface area contributed by atoms with Gasteiger partial charge in [-0.15, -0.1) is 0 Å². The van der Waals surface area contributed by atoms with Gasteiger partial charge in [0.25, 0.3) is 11.5 Å². The van der Waals surface area contributed by atoms with E-state index in [1.54, 1.807) is 14.0 Å². The molecule has 2 N–H and O–H groups in total. The Morgan fingerprint density at radius 2 is 2.11 bits per heavy atom. The Balaban J connectivity index is 1.43. The predicted octanol–water partition coefficient (Wildman–Crippen LogP) is 0.892. The van der Waals surface area contributed by atoms with Crippen LogP contribution < -0.4 is 10.9 Å². The van der Waals surface area contributed by atoms with Crippen molar-refractivity contribution in [3.05, 3.63) is 28.0 Å². The number of carboxylic acids is 1. The van der Waals surface area contributed by atoms with E-state index >= 15 is 0 Å². The first kappa shape index (κ1) is 18.7. The second kappa shape index (κ2) is 7.05. The standard InChI is InChI=1S/C19H24N4O5/c1-10-15(16-18(28-10)20-9-22(2)19(16)27)17(26)21-12-5-13(6-12)23(8-14(24)25)7-11-3-4-11/h9,11-13H,3-8H2,1-2H3,(H,21,26)(H,24,25). The lowest BCUT2D eigenvalue weighted by atomic mass is 9.85. The van der Waals surface area contributed by atoms with Crippen molar-refractivity contribution in [3.63, 3.8) is 0 Å². The van der Waals surface area contributed by atoms with Crippen LogP contribution in [0.5, 0.6) is 0 Å². The highest BCUT2D eigenvalue weighted by molar-refractivity contribution is 6.06. The molecule has 0 bridgehead atoms. The number of aliphatic carboxylic acids is 1. The average molecular weight is 388 g/mol. The van der Waals surface area contributed by atoms with Crippen LogP contribution in [-0.2, 0) is 11.8 Å². The summed E-state index contributed by atoms with van der Waals surface area (Å²) >= 11 is 0. The van der Waals surface area contributed by atoms with Crippen LogP contribution in [0.25, 0.3) is 11.1 Å². The lowest BCUT2D eigenvalue weighted by Crippen LogP contribution is -2.55. The topological polar surface area (TPSA) is 118 Å². The maximum Gasteiger partial charge on any atom is 0.317 e. The number of fused-ring (bicyclic) bond motifs is 1. The molecular formula is C19H24N4O5. The number of carbonyl (C=O) groups is 2. The van der Waals surface area contributed by atoms with Crippen LogP contribution in [0.3, 0.4) is 0 Å². The molecule has 0 aliphatic heterocycles. The van der Waals surface area contributed by atoms with Gasteiger partial charge in [-0.25, -0.2) is 4.98 Å². The zero-order valence-corrected chi connectivity index (χ0v) is 16.0. The minimum atomic E-state index is -0.822. The number of rotatable bonds is 7. The number of hydrogen-bond acceptors (Lipinski definition) is 6. The number of aromatic nitrogens is 2. The van der Waals surface area contributed by atoms with Crippen molar-refractivity contribution in [1.29, 1.82) is 0 Å². The van der Waals surface area contributed by atoms with Gasteiger partial charge in [-0.1, -0.05) is 0 Å². The molecule has 2 aliphatic carbocycles. The highest BCUT2D eigenvalue weighted by Crippen LogP contribution is 2.34. The van der Waals surface area contributed by atoms with Crippen LogP contribution in [-0.4, -0.2) is 56.6 Å². The summed E-state index contributed by atoms with van der Waals surface area (Å²) in [4.78, 5) is 42.4. The zero-order valence-electron chi connectivity index (χ0n) is 16.0. The molecule has 0 saturated heterocycles. The van der Waals surface area contributed by atoms with Crippen LogP contribution >= 0.6 is 0 Å². The summed E-state index contributed by atoms with van der Waals surface area (Å²) < 4.78 is 6.80. The summed E-state index contributed by atoms with van der Waals surface area (Å²) in [6.45, 7) is 2.49. The van der Waals surface area contributed by atoms with E-state index in [4.69, 9.17) is 9.52 Å². The van der Waals surface area contributed by atoms with Crippen LogP contribution in [0.15, 0.2) is 15.5 Å². The maximum atomic E-state index is 12.8. The fourth-order valence-corrected chi connectivity index (χ4v) is 3.87. The van der Waals surface area contributed by atoms with Crippen LogP contribution in [0.1, 0.15) is 41.8 Å². The number of carbonyl (C=O) groups excluding carboxylic acids is 1. The summed E-state index contributed by atoms with van der Waals surface area (Å²) in [6.07, 6.45) is 5.11. The number of carboxylic acid groups (broad SMARTS) is 1. The van der Waals surface area contributed by atoms with Crippen molar-refractivity contribution < 1.29 is 19.1 Å². The van der Waals surface area contributed by atoms with E-state index in [1.165, 1.54) is 23.7 Å². The summed E-state index contributed by atoms with van der Waals surface area (Å²) in [5.41, 5.74) is 0.0670. The molecular weight excluding hydrogens is 364 g/mol. The molecule has 2 saturated carbocycles. The molecule has 150 valence electrons. The third-order valence-electron chi connectivity index (χ3n) is 5.67. The third kappa shape index (κ3) is 3.54. The van der Waals surface area contributed by atoms with Gasteiger partial charge in [0, 0.05) is 25.7 Å².